The molecule has 1 atom stereocenters. The lowest BCUT2D eigenvalue weighted by atomic mass is 10.2. The molecule has 7 nitrogen and oxygen atoms in total. The summed E-state index contributed by atoms with van der Waals surface area (Å²) in [6, 6.07) is 24.7. The number of nitrogens with zero attached hydrogens (tertiary/aromatic N) is 2. The zero-order valence-corrected chi connectivity index (χ0v) is 24.4. The fraction of sp³-hybridized carbons (Fsp3) is 0.143. The van der Waals surface area contributed by atoms with Crippen LogP contribution in [0.3, 0.4) is 0 Å². The van der Waals surface area contributed by atoms with E-state index in [9.17, 15) is 13.5 Å². The number of halogens is 2. The van der Waals surface area contributed by atoms with E-state index in [1.165, 1.54) is 16.4 Å². The number of hydrogen-bond donors (Lipinski definition) is 2. The van der Waals surface area contributed by atoms with Crippen molar-refractivity contribution in [1.82, 2.24) is 4.57 Å². The number of ether oxygens (including phenoxy) is 1. The van der Waals surface area contributed by atoms with Gasteiger partial charge in [0.1, 0.15) is 5.75 Å². The molecule has 38 heavy (non-hydrogen) atoms. The number of aliphatic hydroxyl groups is 1. The Balaban J connectivity index is 1.54. The van der Waals surface area contributed by atoms with Crippen molar-refractivity contribution in [1.29, 1.82) is 0 Å². The maximum Gasteiger partial charge on any atom is 0.264 e. The zero-order chi connectivity index (χ0) is 27.0. The van der Waals surface area contributed by atoms with Crippen LogP contribution in [-0.2, 0) is 16.6 Å². The van der Waals surface area contributed by atoms with Crippen molar-refractivity contribution in [2.75, 3.05) is 23.7 Å². The van der Waals surface area contributed by atoms with Crippen molar-refractivity contribution in [2.45, 2.75) is 17.5 Å². The third kappa shape index (κ3) is 5.13. The first-order valence-electron chi connectivity index (χ1n) is 11.7. The molecular formula is C28H25Br2N3O4S. The number of fused-ring (bicyclic) bond motifs is 3. The minimum Gasteiger partial charge on any atom is -0.497 e. The van der Waals surface area contributed by atoms with Crippen molar-refractivity contribution in [2.24, 2.45) is 0 Å². The number of benzene rings is 4. The van der Waals surface area contributed by atoms with Gasteiger partial charge in [-0.1, -0.05) is 31.9 Å². The predicted octanol–water partition coefficient (Wildman–Crippen LogP) is 6.17. The number of methoxy groups -OCH3 is 1. The quantitative estimate of drug-likeness (QED) is 0.195. The Morgan fingerprint density at radius 2 is 1.45 bits per heavy atom. The van der Waals surface area contributed by atoms with Crippen LogP contribution in [0.2, 0.25) is 0 Å². The van der Waals surface area contributed by atoms with Crippen molar-refractivity contribution in [3.8, 4) is 5.75 Å². The number of aromatic nitrogens is 1. The molecule has 3 N–H and O–H groups in total. The summed E-state index contributed by atoms with van der Waals surface area (Å²) >= 11 is 7.11. The Kier molecular flexibility index (Phi) is 7.41. The van der Waals surface area contributed by atoms with Gasteiger partial charge in [-0.05, 0) is 84.9 Å². The van der Waals surface area contributed by atoms with Gasteiger partial charge in [0.15, 0.2) is 0 Å². The summed E-state index contributed by atoms with van der Waals surface area (Å²) in [7, 11) is -2.46. The highest BCUT2D eigenvalue weighted by molar-refractivity contribution is 9.10. The number of sulfonamides is 1. The van der Waals surface area contributed by atoms with Gasteiger partial charge in [-0.2, -0.15) is 0 Å². The van der Waals surface area contributed by atoms with Gasteiger partial charge in [0.05, 0.1) is 36.9 Å². The average Bonchev–Trinajstić information content (AvgIpc) is 3.19. The van der Waals surface area contributed by atoms with E-state index in [0.717, 1.165) is 30.8 Å². The lowest BCUT2D eigenvalue weighted by Crippen LogP contribution is -2.39. The standard InChI is InChI=1S/C28H25Br2N3O4S/c1-37-23-8-6-21(7-9-23)33(38(35,36)24-10-4-20(31)5-11-24)17-22(34)16-32-27-12-2-18(29)14-25(27)26-15-19(30)3-13-28(26)32/h2-15,22,34H,16-17,31H2,1H3. The monoisotopic (exact) mass is 657 g/mol. The molecule has 4 aromatic carbocycles. The molecule has 0 fully saturated rings. The average molecular weight is 659 g/mol. The van der Waals surface area contributed by atoms with Gasteiger partial charge in [0.2, 0.25) is 0 Å². The van der Waals surface area contributed by atoms with Crippen molar-refractivity contribution in [3.05, 3.63) is 93.9 Å². The van der Waals surface area contributed by atoms with E-state index < -0.39 is 16.1 Å². The van der Waals surface area contributed by atoms with Crippen LogP contribution in [0, 0.1) is 0 Å². The summed E-state index contributed by atoms with van der Waals surface area (Å²) in [5.41, 5.74) is 8.55. The second-order valence-electron chi connectivity index (χ2n) is 8.89. The lowest BCUT2D eigenvalue weighted by Gasteiger charge is -2.27. The van der Waals surface area contributed by atoms with Crippen LogP contribution in [0.4, 0.5) is 11.4 Å². The first kappa shape index (κ1) is 26.6. The first-order valence-corrected chi connectivity index (χ1v) is 14.8. The second-order valence-corrected chi connectivity index (χ2v) is 12.6. The first-order chi connectivity index (χ1) is 18.2. The molecule has 0 saturated heterocycles. The summed E-state index contributed by atoms with van der Waals surface area (Å²) < 4.78 is 37.9. The predicted molar refractivity (Wildman–Crippen MR) is 159 cm³/mol. The van der Waals surface area contributed by atoms with E-state index in [-0.39, 0.29) is 18.0 Å². The molecule has 0 aliphatic carbocycles. The van der Waals surface area contributed by atoms with Crippen LogP contribution in [0.5, 0.6) is 5.75 Å². The minimum atomic E-state index is -4.01. The number of anilines is 2. The fourth-order valence-electron chi connectivity index (χ4n) is 4.56. The van der Waals surface area contributed by atoms with Gasteiger partial charge in [0, 0.05) is 36.4 Å². The maximum absolute atomic E-state index is 13.8. The fourth-order valence-corrected chi connectivity index (χ4v) is 6.79. The van der Waals surface area contributed by atoms with E-state index in [1.807, 2.05) is 41.0 Å². The van der Waals surface area contributed by atoms with E-state index in [1.54, 1.807) is 43.5 Å². The number of nitrogen functional groups attached to an aromatic ring is 1. The Hall–Kier alpha value is -3.05. The van der Waals surface area contributed by atoms with Gasteiger partial charge in [-0.15, -0.1) is 0 Å². The number of nitrogens with two attached hydrogens (primary N) is 1. The van der Waals surface area contributed by atoms with E-state index >= 15 is 0 Å². The molecule has 5 rings (SSSR count). The Labute approximate surface area is 237 Å². The van der Waals surface area contributed by atoms with E-state index in [2.05, 4.69) is 31.9 Å². The van der Waals surface area contributed by atoms with Crippen LogP contribution in [0.15, 0.2) is 98.8 Å². The molecule has 1 aromatic heterocycles. The Bertz CT molecular complexity index is 1660. The second kappa shape index (κ2) is 10.6. The highest BCUT2D eigenvalue weighted by atomic mass is 79.9. The summed E-state index contributed by atoms with van der Waals surface area (Å²) in [6.07, 6.45) is -1.02. The van der Waals surface area contributed by atoms with Crippen LogP contribution >= 0.6 is 31.9 Å². The molecule has 0 amide bonds. The molecule has 0 aliphatic heterocycles. The highest BCUT2D eigenvalue weighted by Crippen LogP contribution is 2.34. The number of aliphatic hydroxyl groups excluding tert-OH is 1. The molecule has 1 heterocycles. The Morgan fingerprint density at radius 1 is 0.895 bits per heavy atom. The number of hydrogen-bond acceptors (Lipinski definition) is 5. The smallest absolute Gasteiger partial charge is 0.264 e. The molecule has 5 aromatic rings. The van der Waals surface area contributed by atoms with Gasteiger partial charge in [0.25, 0.3) is 10.0 Å². The van der Waals surface area contributed by atoms with Crippen molar-refractivity contribution in [3.63, 3.8) is 0 Å². The third-order valence-electron chi connectivity index (χ3n) is 6.39. The normalized spacial score (nSPS) is 12.6. The van der Waals surface area contributed by atoms with Gasteiger partial charge < -0.3 is 20.1 Å². The largest absolute Gasteiger partial charge is 0.497 e. The molecule has 0 saturated carbocycles. The zero-order valence-electron chi connectivity index (χ0n) is 20.4. The molecule has 0 radical (unpaired) electrons. The molecular weight excluding hydrogens is 634 g/mol. The summed E-state index contributed by atoms with van der Waals surface area (Å²) in [5.74, 6) is 0.599. The van der Waals surface area contributed by atoms with Crippen LogP contribution < -0.4 is 14.8 Å². The van der Waals surface area contributed by atoms with Gasteiger partial charge >= 0.3 is 0 Å². The van der Waals surface area contributed by atoms with Gasteiger partial charge in [-0.3, -0.25) is 4.31 Å². The Morgan fingerprint density at radius 3 is 1.97 bits per heavy atom. The molecule has 10 heteroatoms. The lowest BCUT2D eigenvalue weighted by molar-refractivity contribution is 0.166. The maximum atomic E-state index is 13.8. The molecule has 0 bridgehead atoms. The minimum absolute atomic E-state index is 0.0845. The summed E-state index contributed by atoms with van der Waals surface area (Å²) in [6.45, 7) is 0.0282. The van der Waals surface area contributed by atoms with E-state index in [4.69, 9.17) is 10.5 Å². The third-order valence-corrected chi connectivity index (χ3v) is 9.18. The van der Waals surface area contributed by atoms with Crippen LogP contribution in [0.25, 0.3) is 21.8 Å². The van der Waals surface area contributed by atoms with Crippen molar-refractivity contribution >= 4 is 75.1 Å². The molecule has 0 spiro atoms. The summed E-state index contributed by atoms with van der Waals surface area (Å²) in [5, 5.41) is 13.4. The van der Waals surface area contributed by atoms with E-state index in [0.29, 0.717) is 17.1 Å². The summed E-state index contributed by atoms with van der Waals surface area (Å²) in [4.78, 5) is 0.0845. The topological polar surface area (TPSA) is 97.8 Å². The molecule has 1 unspecified atom stereocenters. The SMILES string of the molecule is COc1ccc(N(CC(O)Cn2c3ccc(Br)cc3c3cc(Br)ccc32)S(=O)(=O)c2ccc(N)cc2)cc1. The van der Waals surface area contributed by atoms with Crippen molar-refractivity contribution < 1.29 is 18.3 Å². The van der Waals surface area contributed by atoms with Crippen LogP contribution in [0.1, 0.15) is 0 Å². The molecule has 196 valence electrons. The van der Waals surface area contributed by atoms with Crippen LogP contribution in [-0.4, -0.2) is 37.8 Å². The number of rotatable bonds is 8. The molecule has 0 aliphatic rings. The highest BCUT2D eigenvalue weighted by Gasteiger charge is 2.28. The van der Waals surface area contributed by atoms with Gasteiger partial charge in [-0.25, -0.2) is 8.42 Å².